The van der Waals surface area contributed by atoms with Gasteiger partial charge in [0.15, 0.2) is 0 Å². The lowest BCUT2D eigenvalue weighted by atomic mass is 10.2. The van der Waals surface area contributed by atoms with Gasteiger partial charge in [-0.05, 0) is 18.7 Å². The van der Waals surface area contributed by atoms with E-state index in [-0.39, 0.29) is 6.54 Å². The van der Waals surface area contributed by atoms with Gasteiger partial charge in [0.25, 0.3) is 0 Å². The predicted molar refractivity (Wildman–Crippen MR) is 67.0 cm³/mol. The molecule has 0 aromatic heterocycles. The maximum absolute atomic E-state index is 10.5. The molecule has 0 atom stereocenters. The number of hydrogen-bond donors (Lipinski definition) is 1. The fourth-order valence-electron chi connectivity index (χ4n) is 1.42. The highest BCUT2D eigenvalue weighted by Crippen LogP contribution is 2.31. The van der Waals surface area contributed by atoms with Crippen molar-refractivity contribution in [2.75, 3.05) is 20.7 Å². The molecule has 0 radical (unpaired) electrons. The summed E-state index contributed by atoms with van der Waals surface area (Å²) < 4.78 is 5.03. The van der Waals surface area contributed by atoms with Crippen LogP contribution in [-0.4, -0.2) is 36.7 Å². The van der Waals surface area contributed by atoms with Crippen LogP contribution in [0.2, 0.25) is 10.0 Å². The number of aliphatic carboxylic acids is 1. The summed E-state index contributed by atoms with van der Waals surface area (Å²) in [5.74, 6) is -0.385. The van der Waals surface area contributed by atoms with Gasteiger partial charge in [0.05, 0.1) is 18.7 Å². The zero-order valence-corrected chi connectivity index (χ0v) is 11.0. The number of benzene rings is 1. The normalized spacial score (nSPS) is 10.6. The fraction of sp³-hybridized carbons (Fsp3) is 0.364. The Kier molecular flexibility index (Phi) is 5.05. The molecule has 0 saturated heterocycles. The molecule has 6 heteroatoms. The van der Waals surface area contributed by atoms with E-state index >= 15 is 0 Å². The van der Waals surface area contributed by atoms with Crippen LogP contribution in [0, 0.1) is 0 Å². The number of hydrogen-bond acceptors (Lipinski definition) is 3. The third-order valence-corrected chi connectivity index (χ3v) is 2.81. The van der Waals surface area contributed by atoms with Crippen molar-refractivity contribution in [2.45, 2.75) is 6.54 Å². The Morgan fingerprint density at radius 2 is 2.06 bits per heavy atom. The van der Waals surface area contributed by atoms with Crippen LogP contribution in [0.25, 0.3) is 0 Å². The van der Waals surface area contributed by atoms with Gasteiger partial charge < -0.3 is 9.84 Å². The molecule has 0 spiro atoms. The Morgan fingerprint density at radius 1 is 1.41 bits per heavy atom. The van der Waals surface area contributed by atoms with Gasteiger partial charge in [-0.15, -0.1) is 0 Å². The second-order valence-electron chi connectivity index (χ2n) is 3.64. The van der Waals surface area contributed by atoms with E-state index in [1.165, 1.54) is 7.11 Å². The summed E-state index contributed by atoms with van der Waals surface area (Å²) in [6, 6.07) is 3.30. The second-order valence-corrected chi connectivity index (χ2v) is 4.46. The summed E-state index contributed by atoms with van der Waals surface area (Å²) in [6.45, 7) is 0.356. The minimum atomic E-state index is -0.886. The highest BCUT2D eigenvalue weighted by Gasteiger charge is 2.11. The maximum Gasteiger partial charge on any atom is 0.317 e. The molecule has 0 fully saturated rings. The molecule has 0 saturated carbocycles. The molecule has 0 amide bonds. The van der Waals surface area contributed by atoms with Crippen molar-refractivity contribution < 1.29 is 14.6 Å². The summed E-state index contributed by atoms with van der Waals surface area (Å²) >= 11 is 12.0. The van der Waals surface area contributed by atoms with Gasteiger partial charge in [0.2, 0.25) is 0 Å². The van der Waals surface area contributed by atoms with Crippen LogP contribution in [-0.2, 0) is 11.3 Å². The van der Waals surface area contributed by atoms with Crippen LogP contribution in [0.15, 0.2) is 12.1 Å². The smallest absolute Gasteiger partial charge is 0.317 e. The molecule has 17 heavy (non-hydrogen) atoms. The number of carboxylic acids is 1. The summed E-state index contributed by atoms with van der Waals surface area (Å²) in [7, 11) is 3.20. The molecule has 0 bridgehead atoms. The number of halogens is 2. The first kappa shape index (κ1) is 14.1. The standard InChI is InChI=1S/C11H13Cl2NO3/c1-14(6-11(15)16)5-7-3-9(13)10(17-2)4-8(7)12/h3-4H,5-6H2,1-2H3,(H,15,16). The second kappa shape index (κ2) is 6.10. The Bertz CT molecular complexity index is 423. The summed E-state index contributed by atoms with van der Waals surface area (Å²) in [6.07, 6.45) is 0. The van der Waals surface area contributed by atoms with Crippen molar-refractivity contribution >= 4 is 29.2 Å². The van der Waals surface area contributed by atoms with Crippen LogP contribution in [0.5, 0.6) is 5.75 Å². The summed E-state index contributed by atoms with van der Waals surface area (Å²) in [5.41, 5.74) is 0.765. The van der Waals surface area contributed by atoms with Crippen molar-refractivity contribution in [1.29, 1.82) is 0 Å². The zero-order valence-electron chi connectivity index (χ0n) is 9.54. The average Bonchev–Trinajstić information content (AvgIpc) is 2.21. The number of ether oxygens (including phenoxy) is 1. The molecule has 0 aliphatic carbocycles. The summed E-state index contributed by atoms with van der Waals surface area (Å²) in [5, 5.41) is 9.60. The molecule has 1 aromatic carbocycles. The minimum absolute atomic E-state index is 0.0556. The van der Waals surface area contributed by atoms with Crippen LogP contribution in [0.1, 0.15) is 5.56 Å². The fourth-order valence-corrected chi connectivity index (χ4v) is 1.90. The Hall–Kier alpha value is -0.970. The number of likely N-dealkylation sites (N-methyl/N-ethyl adjacent to an activating group) is 1. The first-order valence-corrected chi connectivity index (χ1v) is 5.62. The first-order valence-electron chi connectivity index (χ1n) is 4.86. The van der Waals surface area contributed by atoms with E-state index in [4.69, 9.17) is 33.0 Å². The van der Waals surface area contributed by atoms with Gasteiger partial charge in [-0.2, -0.15) is 0 Å². The van der Waals surface area contributed by atoms with Crippen molar-refractivity contribution in [3.8, 4) is 5.75 Å². The third-order valence-electron chi connectivity index (χ3n) is 2.17. The first-order chi connectivity index (χ1) is 7.93. The van der Waals surface area contributed by atoms with Crippen molar-refractivity contribution in [3.63, 3.8) is 0 Å². The van der Waals surface area contributed by atoms with E-state index in [1.54, 1.807) is 24.1 Å². The molecule has 0 heterocycles. The van der Waals surface area contributed by atoms with E-state index in [9.17, 15) is 4.79 Å². The van der Waals surface area contributed by atoms with Gasteiger partial charge in [-0.25, -0.2) is 0 Å². The van der Waals surface area contributed by atoms with Gasteiger partial charge >= 0.3 is 5.97 Å². The number of methoxy groups -OCH3 is 1. The van der Waals surface area contributed by atoms with E-state index in [1.807, 2.05) is 0 Å². The SMILES string of the molecule is COc1cc(Cl)c(CN(C)CC(=O)O)cc1Cl. The minimum Gasteiger partial charge on any atom is -0.495 e. The topological polar surface area (TPSA) is 49.8 Å². The van der Waals surface area contributed by atoms with Crippen molar-refractivity contribution in [1.82, 2.24) is 4.90 Å². The maximum atomic E-state index is 10.5. The van der Waals surface area contributed by atoms with Gasteiger partial charge in [0, 0.05) is 17.6 Å². The molecule has 0 aliphatic heterocycles. The highest BCUT2D eigenvalue weighted by molar-refractivity contribution is 6.34. The van der Waals surface area contributed by atoms with Crippen LogP contribution in [0.3, 0.4) is 0 Å². The number of carboxylic acid groups (broad SMARTS) is 1. The molecule has 94 valence electrons. The van der Waals surface area contributed by atoms with Gasteiger partial charge in [-0.1, -0.05) is 23.2 Å². The van der Waals surface area contributed by atoms with Crippen LogP contribution in [0.4, 0.5) is 0 Å². The van der Waals surface area contributed by atoms with Crippen LogP contribution < -0.4 is 4.74 Å². The summed E-state index contributed by atoms with van der Waals surface area (Å²) in [4.78, 5) is 12.2. The molecule has 0 unspecified atom stereocenters. The number of rotatable bonds is 5. The average molecular weight is 278 g/mol. The lowest BCUT2D eigenvalue weighted by Crippen LogP contribution is -2.25. The molecule has 0 aliphatic rings. The largest absolute Gasteiger partial charge is 0.495 e. The lowest BCUT2D eigenvalue weighted by molar-refractivity contribution is -0.138. The number of carbonyl (C=O) groups is 1. The molecule has 1 N–H and O–H groups in total. The third kappa shape index (κ3) is 4.07. The van der Waals surface area contributed by atoms with E-state index < -0.39 is 5.97 Å². The van der Waals surface area contributed by atoms with Crippen molar-refractivity contribution in [3.05, 3.63) is 27.7 Å². The quantitative estimate of drug-likeness (QED) is 0.899. The van der Waals surface area contributed by atoms with E-state index in [2.05, 4.69) is 0 Å². The van der Waals surface area contributed by atoms with Crippen molar-refractivity contribution in [2.24, 2.45) is 0 Å². The van der Waals surface area contributed by atoms with Gasteiger partial charge in [0.1, 0.15) is 5.75 Å². The Morgan fingerprint density at radius 3 is 2.59 bits per heavy atom. The Labute approximate surface area is 110 Å². The number of nitrogens with zero attached hydrogens (tertiary/aromatic N) is 1. The van der Waals surface area contributed by atoms with E-state index in [0.717, 1.165) is 5.56 Å². The van der Waals surface area contributed by atoms with Crippen LogP contribution >= 0.6 is 23.2 Å². The molecule has 1 aromatic rings. The molecule has 4 nitrogen and oxygen atoms in total. The zero-order chi connectivity index (χ0) is 13.0. The molecule has 1 rings (SSSR count). The van der Waals surface area contributed by atoms with E-state index in [0.29, 0.717) is 22.3 Å². The Balaban J connectivity index is 2.84. The monoisotopic (exact) mass is 277 g/mol. The highest BCUT2D eigenvalue weighted by atomic mass is 35.5. The molecular formula is C11H13Cl2NO3. The lowest BCUT2D eigenvalue weighted by Gasteiger charge is -2.16. The predicted octanol–water partition coefficient (Wildman–Crippen LogP) is 2.52. The molecular weight excluding hydrogens is 265 g/mol. The van der Waals surface area contributed by atoms with Gasteiger partial charge in [-0.3, -0.25) is 9.69 Å².